The van der Waals surface area contributed by atoms with Gasteiger partial charge in [0.1, 0.15) is 6.04 Å². The van der Waals surface area contributed by atoms with Gasteiger partial charge >= 0.3 is 12.0 Å². The third-order valence-corrected chi connectivity index (χ3v) is 4.08. The molecular formula is C15H17N3O4. The Morgan fingerprint density at radius 3 is 2.50 bits per heavy atom. The van der Waals surface area contributed by atoms with Crippen LogP contribution >= 0.6 is 0 Å². The molecule has 2 N–H and O–H groups in total. The number of aliphatic carboxylic acids is 1. The first kappa shape index (κ1) is 14.4. The van der Waals surface area contributed by atoms with Crippen molar-refractivity contribution in [3.8, 4) is 0 Å². The zero-order valence-corrected chi connectivity index (χ0v) is 12.0. The Balaban J connectivity index is 1.76. The molecule has 1 unspecified atom stereocenters. The lowest BCUT2D eigenvalue weighted by Gasteiger charge is -2.22. The second-order valence-electron chi connectivity index (χ2n) is 5.43. The van der Waals surface area contributed by atoms with Crippen molar-refractivity contribution < 1.29 is 19.5 Å². The average molecular weight is 303 g/mol. The molecule has 0 bridgehead atoms. The minimum atomic E-state index is -0.962. The van der Waals surface area contributed by atoms with Crippen LogP contribution in [0.25, 0.3) is 0 Å². The molecule has 0 saturated carbocycles. The van der Waals surface area contributed by atoms with Gasteiger partial charge in [0, 0.05) is 30.9 Å². The minimum absolute atomic E-state index is 0.149. The van der Waals surface area contributed by atoms with E-state index < -0.39 is 12.0 Å². The number of anilines is 1. The molecule has 22 heavy (non-hydrogen) atoms. The maximum atomic E-state index is 12.4. The molecule has 3 rings (SSSR count). The number of carboxylic acids is 1. The monoisotopic (exact) mass is 303 g/mol. The molecule has 0 aliphatic carbocycles. The third-order valence-electron chi connectivity index (χ3n) is 4.08. The van der Waals surface area contributed by atoms with E-state index in [4.69, 9.17) is 5.11 Å². The van der Waals surface area contributed by atoms with Crippen LogP contribution in [0.15, 0.2) is 24.3 Å². The van der Waals surface area contributed by atoms with Crippen molar-refractivity contribution in [3.05, 3.63) is 29.8 Å². The van der Waals surface area contributed by atoms with E-state index in [0.29, 0.717) is 38.0 Å². The summed E-state index contributed by atoms with van der Waals surface area (Å²) in [6, 6.07) is 5.82. The Morgan fingerprint density at radius 2 is 1.91 bits per heavy atom. The lowest BCUT2D eigenvalue weighted by molar-refractivity contribution is -0.141. The summed E-state index contributed by atoms with van der Waals surface area (Å²) in [5.74, 6) is -1.24. The summed E-state index contributed by atoms with van der Waals surface area (Å²) in [4.78, 5) is 38.2. The number of amides is 3. The summed E-state index contributed by atoms with van der Waals surface area (Å²) in [6.07, 6.45) is 1.20. The minimum Gasteiger partial charge on any atom is -0.480 e. The van der Waals surface area contributed by atoms with Gasteiger partial charge in [0.05, 0.1) is 0 Å². The van der Waals surface area contributed by atoms with Gasteiger partial charge in [0.2, 0.25) is 0 Å². The number of rotatable bonds is 3. The molecule has 2 saturated heterocycles. The van der Waals surface area contributed by atoms with Crippen molar-refractivity contribution in [1.82, 2.24) is 10.2 Å². The molecule has 1 aromatic rings. The molecular weight excluding hydrogens is 286 g/mol. The fourth-order valence-corrected chi connectivity index (χ4v) is 2.93. The highest BCUT2D eigenvalue weighted by atomic mass is 16.4. The first-order valence-corrected chi connectivity index (χ1v) is 7.27. The van der Waals surface area contributed by atoms with E-state index in [0.717, 1.165) is 5.69 Å². The maximum Gasteiger partial charge on any atom is 0.326 e. The molecule has 7 nitrogen and oxygen atoms in total. The number of carbonyl (C=O) groups excluding carboxylic acids is 2. The zero-order valence-electron chi connectivity index (χ0n) is 12.0. The Hall–Kier alpha value is -2.57. The number of hydrogen-bond acceptors (Lipinski definition) is 3. The molecule has 116 valence electrons. The van der Waals surface area contributed by atoms with E-state index in [2.05, 4.69) is 5.32 Å². The van der Waals surface area contributed by atoms with Crippen LogP contribution < -0.4 is 10.2 Å². The smallest absolute Gasteiger partial charge is 0.326 e. The van der Waals surface area contributed by atoms with Crippen molar-refractivity contribution in [2.24, 2.45) is 0 Å². The first-order chi connectivity index (χ1) is 10.6. The van der Waals surface area contributed by atoms with E-state index in [-0.39, 0.29) is 11.9 Å². The Kier molecular flexibility index (Phi) is 3.70. The van der Waals surface area contributed by atoms with Gasteiger partial charge in [-0.2, -0.15) is 0 Å². The van der Waals surface area contributed by atoms with Crippen molar-refractivity contribution in [2.75, 3.05) is 24.5 Å². The van der Waals surface area contributed by atoms with Crippen LogP contribution in [0.5, 0.6) is 0 Å². The Morgan fingerprint density at radius 1 is 1.18 bits per heavy atom. The molecule has 0 radical (unpaired) electrons. The van der Waals surface area contributed by atoms with Crippen LogP contribution in [0.3, 0.4) is 0 Å². The SMILES string of the molecule is O=C(O)C1CCCN1C(=O)c1ccc(N2CCNC2=O)cc1. The summed E-state index contributed by atoms with van der Waals surface area (Å²) >= 11 is 0. The predicted octanol–water partition coefficient (Wildman–Crippen LogP) is 0.905. The van der Waals surface area contributed by atoms with E-state index in [1.54, 1.807) is 29.2 Å². The van der Waals surface area contributed by atoms with Gasteiger partial charge in [0.25, 0.3) is 5.91 Å². The second-order valence-corrected chi connectivity index (χ2v) is 5.43. The van der Waals surface area contributed by atoms with Gasteiger partial charge in [-0.3, -0.25) is 9.69 Å². The van der Waals surface area contributed by atoms with E-state index in [1.165, 1.54) is 4.90 Å². The summed E-state index contributed by atoms with van der Waals surface area (Å²) in [5, 5.41) is 11.9. The summed E-state index contributed by atoms with van der Waals surface area (Å²) < 4.78 is 0. The first-order valence-electron chi connectivity index (χ1n) is 7.27. The third kappa shape index (κ3) is 2.49. The van der Waals surface area contributed by atoms with Crippen LogP contribution in [0.4, 0.5) is 10.5 Å². The summed E-state index contributed by atoms with van der Waals surface area (Å²) in [7, 11) is 0. The lowest BCUT2D eigenvalue weighted by atomic mass is 10.1. The van der Waals surface area contributed by atoms with E-state index >= 15 is 0 Å². The fraction of sp³-hybridized carbons (Fsp3) is 0.400. The molecule has 2 aliphatic rings. The van der Waals surface area contributed by atoms with Crippen molar-refractivity contribution in [3.63, 3.8) is 0 Å². The maximum absolute atomic E-state index is 12.4. The van der Waals surface area contributed by atoms with Crippen molar-refractivity contribution in [2.45, 2.75) is 18.9 Å². The Labute approximate surface area is 127 Å². The molecule has 2 aliphatic heterocycles. The van der Waals surface area contributed by atoms with Crippen LogP contribution in [-0.4, -0.2) is 53.6 Å². The quantitative estimate of drug-likeness (QED) is 0.868. The predicted molar refractivity (Wildman–Crippen MR) is 78.9 cm³/mol. The highest BCUT2D eigenvalue weighted by Gasteiger charge is 2.34. The van der Waals surface area contributed by atoms with Gasteiger partial charge < -0.3 is 15.3 Å². The fourth-order valence-electron chi connectivity index (χ4n) is 2.93. The van der Waals surface area contributed by atoms with Crippen LogP contribution in [0, 0.1) is 0 Å². The van der Waals surface area contributed by atoms with E-state index in [1.807, 2.05) is 0 Å². The number of carboxylic acid groups (broad SMARTS) is 1. The standard InChI is InChI=1S/C15H17N3O4/c19-13(18-8-1-2-12(18)14(20)21)10-3-5-11(6-4-10)17-9-7-16-15(17)22/h3-6,12H,1-2,7-9H2,(H,16,22)(H,20,21). The lowest BCUT2D eigenvalue weighted by Crippen LogP contribution is -2.40. The van der Waals surface area contributed by atoms with Crippen molar-refractivity contribution >= 4 is 23.6 Å². The van der Waals surface area contributed by atoms with Gasteiger partial charge in [-0.05, 0) is 37.1 Å². The van der Waals surface area contributed by atoms with Gasteiger partial charge in [-0.15, -0.1) is 0 Å². The molecule has 1 aromatic carbocycles. The number of carbonyl (C=O) groups is 3. The molecule has 7 heteroatoms. The van der Waals surface area contributed by atoms with Crippen molar-refractivity contribution in [1.29, 1.82) is 0 Å². The van der Waals surface area contributed by atoms with E-state index in [9.17, 15) is 14.4 Å². The van der Waals surface area contributed by atoms with Crippen LogP contribution in [0.2, 0.25) is 0 Å². The Bertz CT molecular complexity index is 614. The molecule has 0 spiro atoms. The number of benzene rings is 1. The summed E-state index contributed by atoms with van der Waals surface area (Å²) in [6.45, 7) is 1.67. The molecule has 2 fully saturated rings. The normalized spacial score (nSPS) is 21.1. The summed E-state index contributed by atoms with van der Waals surface area (Å²) in [5.41, 5.74) is 1.17. The van der Waals surface area contributed by atoms with Gasteiger partial charge in [-0.1, -0.05) is 0 Å². The molecule has 0 aromatic heterocycles. The van der Waals surface area contributed by atoms with Crippen LogP contribution in [-0.2, 0) is 4.79 Å². The van der Waals surface area contributed by atoms with Gasteiger partial charge in [0.15, 0.2) is 0 Å². The molecule has 1 atom stereocenters. The highest BCUT2D eigenvalue weighted by molar-refractivity contribution is 5.98. The number of nitrogens with zero attached hydrogens (tertiary/aromatic N) is 2. The highest BCUT2D eigenvalue weighted by Crippen LogP contribution is 2.22. The van der Waals surface area contributed by atoms with Gasteiger partial charge in [-0.25, -0.2) is 9.59 Å². The number of nitrogens with one attached hydrogen (secondary N) is 1. The number of hydrogen-bond donors (Lipinski definition) is 2. The van der Waals surface area contributed by atoms with Crippen LogP contribution in [0.1, 0.15) is 23.2 Å². The number of likely N-dealkylation sites (tertiary alicyclic amines) is 1. The number of urea groups is 1. The zero-order chi connectivity index (χ0) is 15.7. The molecule has 2 heterocycles. The molecule has 3 amide bonds. The largest absolute Gasteiger partial charge is 0.480 e. The topological polar surface area (TPSA) is 89.9 Å². The second kappa shape index (κ2) is 5.67. The average Bonchev–Trinajstić information content (AvgIpc) is 3.15.